The largest absolute Gasteiger partial charge is 0.369 e. The van der Waals surface area contributed by atoms with Crippen molar-refractivity contribution in [2.75, 3.05) is 0 Å². The molecule has 2 N–H and O–H groups in total. The number of imide groups is 1. The average Bonchev–Trinajstić information content (AvgIpc) is 2.70. The number of aliphatic hydroxyl groups is 1. The van der Waals surface area contributed by atoms with Gasteiger partial charge in [-0.2, -0.15) is 0 Å². The summed E-state index contributed by atoms with van der Waals surface area (Å²) < 4.78 is 0. The zero-order valence-electron chi connectivity index (χ0n) is 15.3. The highest BCUT2D eigenvalue weighted by Gasteiger charge is 2.45. The summed E-state index contributed by atoms with van der Waals surface area (Å²) in [6.07, 6.45) is 3.60. The first-order valence-corrected chi connectivity index (χ1v) is 8.45. The van der Waals surface area contributed by atoms with Crippen LogP contribution in [0.15, 0.2) is 35.5 Å². The van der Waals surface area contributed by atoms with E-state index in [0.717, 1.165) is 16.9 Å². The van der Waals surface area contributed by atoms with E-state index in [-0.39, 0.29) is 29.7 Å². The summed E-state index contributed by atoms with van der Waals surface area (Å²) in [7, 11) is 0. The molecule has 2 aliphatic heterocycles. The summed E-state index contributed by atoms with van der Waals surface area (Å²) in [5.74, 6) is -1.39. The predicted octanol–water partition coefficient (Wildman–Crippen LogP) is 1.82. The minimum Gasteiger partial charge on any atom is -0.369 e. The fourth-order valence-corrected chi connectivity index (χ4v) is 3.17. The molecule has 0 spiro atoms. The Labute approximate surface area is 148 Å². The van der Waals surface area contributed by atoms with Crippen LogP contribution in [0.3, 0.4) is 0 Å². The molecule has 25 heavy (non-hydrogen) atoms. The SMILES string of the molecule is C=C1C(=O)N(C2CCC(=O)NC2=O)C(O)/C1=C/C(=C\C)CC(C)(C)C. The molecule has 2 aliphatic rings. The van der Waals surface area contributed by atoms with Crippen LogP contribution in [-0.2, 0) is 14.4 Å². The van der Waals surface area contributed by atoms with Gasteiger partial charge in [-0.3, -0.25) is 24.6 Å². The summed E-state index contributed by atoms with van der Waals surface area (Å²) in [5.41, 5.74) is 1.63. The monoisotopic (exact) mass is 346 g/mol. The molecule has 0 aromatic rings. The maximum absolute atomic E-state index is 12.5. The number of carbonyl (C=O) groups excluding carboxylic acids is 3. The fourth-order valence-electron chi connectivity index (χ4n) is 3.17. The van der Waals surface area contributed by atoms with Crippen LogP contribution in [0, 0.1) is 5.41 Å². The summed E-state index contributed by atoms with van der Waals surface area (Å²) >= 11 is 0. The fraction of sp³-hybridized carbons (Fsp3) is 0.526. The van der Waals surface area contributed by atoms with Crippen molar-refractivity contribution in [3.63, 3.8) is 0 Å². The minimum atomic E-state index is -1.24. The van der Waals surface area contributed by atoms with Crippen LogP contribution in [0.5, 0.6) is 0 Å². The molecular formula is C19H26N2O4. The van der Waals surface area contributed by atoms with E-state index >= 15 is 0 Å². The highest BCUT2D eigenvalue weighted by molar-refractivity contribution is 6.06. The number of rotatable bonds is 3. The highest BCUT2D eigenvalue weighted by Crippen LogP contribution is 2.34. The van der Waals surface area contributed by atoms with Crippen molar-refractivity contribution < 1.29 is 19.5 Å². The molecule has 2 saturated heterocycles. The van der Waals surface area contributed by atoms with Crippen LogP contribution in [0.2, 0.25) is 0 Å². The number of aliphatic hydroxyl groups excluding tert-OH is 1. The van der Waals surface area contributed by atoms with Gasteiger partial charge in [-0.25, -0.2) is 0 Å². The number of hydrogen-bond acceptors (Lipinski definition) is 4. The van der Waals surface area contributed by atoms with Crippen molar-refractivity contribution in [3.05, 3.63) is 35.5 Å². The Balaban J connectivity index is 2.30. The summed E-state index contributed by atoms with van der Waals surface area (Å²) in [6, 6.07) is -0.862. The molecule has 2 rings (SSSR count). The van der Waals surface area contributed by atoms with Crippen molar-refractivity contribution in [2.45, 2.75) is 59.2 Å². The van der Waals surface area contributed by atoms with E-state index in [4.69, 9.17) is 0 Å². The molecule has 0 aromatic carbocycles. The molecule has 0 aliphatic carbocycles. The molecule has 2 fully saturated rings. The zero-order chi connectivity index (χ0) is 18.9. The van der Waals surface area contributed by atoms with Crippen LogP contribution < -0.4 is 5.32 Å². The summed E-state index contributed by atoms with van der Waals surface area (Å²) in [6.45, 7) is 12.0. The Morgan fingerprint density at radius 3 is 2.52 bits per heavy atom. The molecule has 6 heteroatoms. The van der Waals surface area contributed by atoms with E-state index in [1.807, 2.05) is 13.0 Å². The lowest BCUT2D eigenvalue weighted by Gasteiger charge is -2.31. The second kappa shape index (κ2) is 6.96. The number of likely N-dealkylation sites (tertiary alicyclic amines) is 1. The lowest BCUT2D eigenvalue weighted by molar-refractivity contribution is -0.148. The topological polar surface area (TPSA) is 86.7 Å². The van der Waals surface area contributed by atoms with Crippen LogP contribution in [0.4, 0.5) is 0 Å². The van der Waals surface area contributed by atoms with Gasteiger partial charge < -0.3 is 5.11 Å². The number of nitrogens with zero attached hydrogens (tertiary/aromatic N) is 1. The zero-order valence-corrected chi connectivity index (χ0v) is 15.3. The first-order valence-electron chi connectivity index (χ1n) is 8.45. The van der Waals surface area contributed by atoms with E-state index in [0.29, 0.717) is 5.57 Å². The van der Waals surface area contributed by atoms with Crippen LogP contribution in [0.1, 0.15) is 47.0 Å². The number of allylic oxidation sites excluding steroid dienone is 3. The van der Waals surface area contributed by atoms with Crippen LogP contribution in [0.25, 0.3) is 0 Å². The van der Waals surface area contributed by atoms with Gasteiger partial charge in [-0.1, -0.05) is 45.1 Å². The van der Waals surface area contributed by atoms with E-state index < -0.39 is 24.1 Å². The van der Waals surface area contributed by atoms with E-state index in [1.165, 1.54) is 0 Å². The Hall–Kier alpha value is -2.21. The van der Waals surface area contributed by atoms with Gasteiger partial charge in [-0.05, 0) is 25.2 Å². The third-order valence-electron chi connectivity index (χ3n) is 4.37. The molecule has 2 unspecified atom stereocenters. The molecule has 136 valence electrons. The smallest absolute Gasteiger partial charge is 0.256 e. The van der Waals surface area contributed by atoms with Crippen molar-refractivity contribution >= 4 is 17.7 Å². The minimum absolute atomic E-state index is 0.0527. The first-order chi connectivity index (χ1) is 11.5. The molecule has 0 saturated carbocycles. The Morgan fingerprint density at radius 2 is 2.00 bits per heavy atom. The maximum atomic E-state index is 12.5. The van der Waals surface area contributed by atoms with Crippen molar-refractivity contribution in [2.24, 2.45) is 5.41 Å². The molecule has 0 aromatic heterocycles. The van der Waals surface area contributed by atoms with Crippen LogP contribution >= 0.6 is 0 Å². The molecule has 3 amide bonds. The third kappa shape index (κ3) is 4.07. The van der Waals surface area contributed by atoms with Crippen molar-refractivity contribution in [1.82, 2.24) is 10.2 Å². The van der Waals surface area contributed by atoms with E-state index in [9.17, 15) is 19.5 Å². The molecule has 2 atom stereocenters. The van der Waals surface area contributed by atoms with Gasteiger partial charge in [0.05, 0.1) is 0 Å². The second-order valence-electron chi connectivity index (χ2n) is 7.73. The standard InChI is InChI=1S/C19H26N2O4/c1-6-12(10-19(3,4)5)9-13-11(2)17(24)21(18(13)25)14-7-8-15(22)20-16(14)23/h6,9,14,18,25H,2,7-8,10H2,1,3-5H3,(H,20,22,23)/b12-6+,13-9+. The number of hydrogen-bond donors (Lipinski definition) is 2. The highest BCUT2D eigenvalue weighted by atomic mass is 16.3. The lowest BCUT2D eigenvalue weighted by atomic mass is 9.87. The van der Waals surface area contributed by atoms with Gasteiger partial charge in [0.25, 0.3) is 5.91 Å². The average molecular weight is 346 g/mol. The summed E-state index contributed by atoms with van der Waals surface area (Å²) in [5, 5.41) is 12.9. The molecular weight excluding hydrogens is 320 g/mol. The van der Waals surface area contributed by atoms with E-state index in [2.05, 4.69) is 32.7 Å². The molecule has 6 nitrogen and oxygen atoms in total. The van der Waals surface area contributed by atoms with Gasteiger partial charge in [0.1, 0.15) is 6.04 Å². The van der Waals surface area contributed by atoms with Crippen molar-refractivity contribution in [3.8, 4) is 0 Å². The normalized spacial score (nSPS) is 27.3. The first kappa shape index (κ1) is 19.1. The van der Waals surface area contributed by atoms with Crippen molar-refractivity contribution in [1.29, 1.82) is 0 Å². The van der Waals surface area contributed by atoms with Gasteiger partial charge in [0.2, 0.25) is 11.8 Å². The second-order valence-corrected chi connectivity index (χ2v) is 7.73. The number of nitrogens with one attached hydrogen (secondary N) is 1. The van der Waals surface area contributed by atoms with Gasteiger partial charge in [0, 0.05) is 17.6 Å². The Bertz CT molecular complexity index is 682. The Kier molecular flexibility index (Phi) is 5.32. The van der Waals surface area contributed by atoms with Gasteiger partial charge in [0.15, 0.2) is 6.23 Å². The maximum Gasteiger partial charge on any atom is 0.256 e. The molecule has 0 bridgehead atoms. The number of carbonyl (C=O) groups is 3. The van der Waals surface area contributed by atoms with Crippen LogP contribution in [-0.4, -0.2) is 40.0 Å². The van der Waals surface area contributed by atoms with E-state index in [1.54, 1.807) is 6.08 Å². The summed E-state index contributed by atoms with van der Waals surface area (Å²) in [4.78, 5) is 37.0. The number of piperidine rings is 1. The third-order valence-corrected chi connectivity index (χ3v) is 4.37. The lowest BCUT2D eigenvalue weighted by Crippen LogP contribution is -2.55. The van der Waals surface area contributed by atoms with Gasteiger partial charge >= 0.3 is 0 Å². The predicted molar refractivity (Wildman–Crippen MR) is 94.1 cm³/mol. The number of amides is 3. The Morgan fingerprint density at radius 1 is 1.36 bits per heavy atom. The molecule has 0 radical (unpaired) electrons. The quantitative estimate of drug-likeness (QED) is 0.603. The molecule has 2 heterocycles. The van der Waals surface area contributed by atoms with Gasteiger partial charge in [-0.15, -0.1) is 0 Å².